The van der Waals surface area contributed by atoms with Crippen molar-refractivity contribution in [1.29, 1.82) is 0 Å². The van der Waals surface area contributed by atoms with E-state index in [0.717, 1.165) is 23.4 Å². The van der Waals surface area contributed by atoms with E-state index in [1.807, 2.05) is 32.0 Å². The highest BCUT2D eigenvalue weighted by Crippen LogP contribution is 2.16. The second-order valence-electron chi connectivity index (χ2n) is 4.52. The molecule has 0 aromatic heterocycles. The average Bonchev–Trinajstić information content (AvgIpc) is 2.36. The number of aryl methyl sites for hydroxylation is 1. The van der Waals surface area contributed by atoms with Crippen LogP contribution in [0.25, 0.3) is 0 Å². The van der Waals surface area contributed by atoms with E-state index in [-0.39, 0.29) is 5.91 Å². The van der Waals surface area contributed by atoms with E-state index < -0.39 is 0 Å². The van der Waals surface area contributed by atoms with Crippen LogP contribution < -0.4 is 10.6 Å². The van der Waals surface area contributed by atoms with Gasteiger partial charge in [0, 0.05) is 24.3 Å². The van der Waals surface area contributed by atoms with Crippen molar-refractivity contribution in [3.63, 3.8) is 0 Å². The topological polar surface area (TPSA) is 41.1 Å². The molecule has 0 saturated heterocycles. The Kier molecular flexibility index (Phi) is 6.26. The molecule has 1 aromatic rings. The Morgan fingerprint density at radius 2 is 2.00 bits per heavy atom. The van der Waals surface area contributed by atoms with E-state index in [1.165, 1.54) is 19.3 Å². The fraction of sp³-hybridized carbons (Fsp3) is 0.533. The maximum atomic E-state index is 11.7. The summed E-state index contributed by atoms with van der Waals surface area (Å²) < 4.78 is 0. The van der Waals surface area contributed by atoms with E-state index in [0.29, 0.717) is 6.54 Å². The highest BCUT2D eigenvalue weighted by atomic mass is 16.1. The summed E-state index contributed by atoms with van der Waals surface area (Å²) in [6.07, 6.45) is 3.67. The van der Waals surface area contributed by atoms with E-state index in [4.69, 9.17) is 0 Å². The first-order valence-electron chi connectivity index (χ1n) is 6.81. The van der Waals surface area contributed by atoms with Crippen LogP contribution in [0.1, 0.15) is 49.0 Å². The zero-order valence-electron chi connectivity index (χ0n) is 11.7. The fourth-order valence-electron chi connectivity index (χ4n) is 1.86. The number of carbonyl (C=O) groups excluding carboxylic acids is 1. The van der Waals surface area contributed by atoms with E-state index in [2.05, 4.69) is 17.6 Å². The minimum Gasteiger partial charge on any atom is -0.385 e. The number of rotatable bonds is 7. The third-order valence-corrected chi connectivity index (χ3v) is 2.92. The largest absolute Gasteiger partial charge is 0.385 e. The summed E-state index contributed by atoms with van der Waals surface area (Å²) in [5.74, 6) is -0.00173. The van der Waals surface area contributed by atoms with Gasteiger partial charge in [0.15, 0.2) is 0 Å². The van der Waals surface area contributed by atoms with Crippen LogP contribution in [-0.4, -0.2) is 19.0 Å². The van der Waals surface area contributed by atoms with Gasteiger partial charge in [-0.3, -0.25) is 4.79 Å². The maximum absolute atomic E-state index is 11.7. The zero-order valence-corrected chi connectivity index (χ0v) is 11.7. The summed E-state index contributed by atoms with van der Waals surface area (Å²) in [4.78, 5) is 11.7. The van der Waals surface area contributed by atoms with E-state index in [1.54, 1.807) is 0 Å². The molecule has 0 unspecified atom stereocenters. The second-order valence-corrected chi connectivity index (χ2v) is 4.52. The van der Waals surface area contributed by atoms with Crippen LogP contribution in [0, 0.1) is 6.92 Å². The van der Waals surface area contributed by atoms with Crippen LogP contribution in [0.4, 0.5) is 5.69 Å². The third-order valence-electron chi connectivity index (χ3n) is 2.92. The van der Waals surface area contributed by atoms with Crippen molar-refractivity contribution in [3.8, 4) is 0 Å². The number of carbonyl (C=O) groups is 1. The molecule has 18 heavy (non-hydrogen) atoms. The van der Waals surface area contributed by atoms with Gasteiger partial charge >= 0.3 is 0 Å². The molecular weight excluding hydrogens is 224 g/mol. The molecule has 0 saturated carbocycles. The predicted molar refractivity (Wildman–Crippen MR) is 77.2 cm³/mol. The molecular formula is C15H24N2O. The lowest BCUT2D eigenvalue weighted by molar-refractivity contribution is 0.0956. The Morgan fingerprint density at radius 3 is 2.61 bits per heavy atom. The molecule has 3 nitrogen and oxygen atoms in total. The molecule has 0 radical (unpaired) electrons. The highest BCUT2D eigenvalue weighted by Gasteiger charge is 2.06. The normalized spacial score (nSPS) is 10.2. The number of anilines is 1. The highest BCUT2D eigenvalue weighted by molar-refractivity contribution is 5.94. The van der Waals surface area contributed by atoms with Gasteiger partial charge < -0.3 is 10.6 Å². The summed E-state index contributed by atoms with van der Waals surface area (Å²) >= 11 is 0. The third kappa shape index (κ3) is 4.40. The molecule has 0 aliphatic carbocycles. The van der Waals surface area contributed by atoms with Gasteiger partial charge in [0.2, 0.25) is 0 Å². The second kappa shape index (κ2) is 7.75. The molecule has 1 aromatic carbocycles. The molecule has 0 aliphatic rings. The molecule has 0 spiro atoms. The van der Waals surface area contributed by atoms with Crippen molar-refractivity contribution in [3.05, 3.63) is 29.3 Å². The Morgan fingerprint density at radius 1 is 1.22 bits per heavy atom. The Balaban J connectivity index is 2.59. The quantitative estimate of drug-likeness (QED) is 0.727. The molecule has 0 aliphatic heterocycles. The molecule has 0 atom stereocenters. The SMILES string of the molecule is CCCCCNc1ccc(C(=O)NCC)cc1C. The minimum absolute atomic E-state index is 0.00173. The number of nitrogens with one attached hydrogen (secondary N) is 2. The molecule has 100 valence electrons. The lowest BCUT2D eigenvalue weighted by Gasteiger charge is -2.11. The summed E-state index contributed by atoms with van der Waals surface area (Å²) in [6, 6.07) is 5.80. The molecule has 2 N–H and O–H groups in total. The summed E-state index contributed by atoms with van der Waals surface area (Å²) in [5.41, 5.74) is 2.97. The first-order valence-corrected chi connectivity index (χ1v) is 6.81. The summed E-state index contributed by atoms with van der Waals surface area (Å²) in [7, 11) is 0. The van der Waals surface area contributed by atoms with Gasteiger partial charge in [0.25, 0.3) is 5.91 Å². The summed E-state index contributed by atoms with van der Waals surface area (Å²) in [5, 5.41) is 6.22. The van der Waals surface area contributed by atoms with Crippen molar-refractivity contribution in [2.24, 2.45) is 0 Å². The van der Waals surface area contributed by atoms with E-state index >= 15 is 0 Å². The number of hydrogen-bond donors (Lipinski definition) is 2. The molecule has 1 amide bonds. The monoisotopic (exact) mass is 248 g/mol. The predicted octanol–water partition coefficient (Wildman–Crippen LogP) is 3.35. The van der Waals surface area contributed by atoms with Crippen LogP contribution in [0.15, 0.2) is 18.2 Å². The summed E-state index contributed by atoms with van der Waals surface area (Å²) in [6.45, 7) is 7.82. The van der Waals surface area contributed by atoms with Crippen LogP contribution >= 0.6 is 0 Å². The molecule has 0 bridgehead atoms. The van der Waals surface area contributed by atoms with Crippen molar-refractivity contribution in [2.45, 2.75) is 40.0 Å². The smallest absolute Gasteiger partial charge is 0.251 e. The van der Waals surface area contributed by atoms with Gasteiger partial charge in [-0.2, -0.15) is 0 Å². The van der Waals surface area contributed by atoms with Gasteiger partial charge in [-0.15, -0.1) is 0 Å². The first-order chi connectivity index (χ1) is 8.69. The molecule has 0 fully saturated rings. The van der Waals surface area contributed by atoms with Gasteiger partial charge in [-0.05, 0) is 44.0 Å². The van der Waals surface area contributed by atoms with Crippen LogP contribution in [0.2, 0.25) is 0 Å². The van der Waals surface area contributed by atoms with E-state index in [9.17, 15) is 4.79 Å². The van der Waals surface area contributed by atoms with Crippen LogP contribution in [-0.2, 0) is 0 Å². The van der Waals surface area contributed by atoms with Crippen molar-refractivity contribution in [1.82, 2.24) is 5.32 Å². The lowest BCUT2D eigenvalue weighted by Crippen LogP contribution is -2.22. The Labute approximate surface area is 110 Å². The van der Waals surface area contributed by atoms with Gasteiger partial charge in [-0.25, -0.2) is 0 Å². The number of hydrogen-bond acceptors (Lipinski definition) is 2. The van der Waals surface area contributed by atoms with Gasteiger partial charge in [0.1, 0.15) is 0 Å². The zero-order chi connectivity index (χ0) is 13.4. The Bertz CT molecular complexity index is 388. The number of unbranched alkanes of at least 4 members (excludes halogenated alkanes) is 2. The van der Waals surface area contributed by atoms with Crippen molar-refractivity contribution in [2.75, 3.05) is 18.4 Å². The lowest BCUT2D eigenvalue weighted by atomic mass is 10.1. The van der Waals surface area contributed by atoms with Crippen LogP contribution in [0.3, 0.4) is 0 Å². The van der Waals surface area contributed by atoms with Crippen LogP contribution in [0.5, 0.6) is 0 Å². The van der Waals surface area contributed by atoms with Crippen molar-refractivity contribution >= 4 is 11.6 Å². The standard InChI is InChI=1S/C15H24N2O/c1-4-6-7-10-17-14-9-8-13(11-12(14)3)15(18)16-5-2/h8-9,11,17H,4-7,10H2,1-3H3,(H,16,18). The average molecular weight is 248 g/mol. The molecule has 0 heterocycles. The number of benzene rings is 1. The molecule has 1 rings (SSSR count). The van der Waals surface area contributed by atoms with Crippen molar-refractivity contribution < 1.29 is 4.79 Å². The minimum atomic E-state index is -0.00173. The van der Waals surface area contributed by atoms with Gasteiger partial charge in [-0.1, -0.05) is 19.8 Å². The number of amides is 1. The Hall–Kier alpha value is -1.51. The fourth-order valence-corrected chi connectivity index (χ4v) is 1.86. The maximum Gasteiger partial charge on any atom is 0.251 e. The first kappa shape index (κ1) is 14.6. The molecule has 3 heteroatoms. The van der Waals surface area contributed by atoms with Gasteiger partial charge in [0.05, 0.1) is 0 Å².